The number of nitrogens with two attached hydrogens (primary N) is 1. The van der Waals surface area contributed by atoms with Gasteiger partial charge in [0.2, 0.25) is 6.29 Å². The van der Waals surface area contributed by atoms with E-state index in [0.717, 1.165) is 11.3 Å². The van der Waals surface area contributed by atoms with Crippen molar-refractivity contribution in [3.8, 4) is 0 Å². The van der Waals surface area contributed by atoms with Gasteiger partial charge in [-0.15, -0.1) is 23.1 Å². The van der Waals surface area contributed by atoms with E-state index in [9.17, 15) is 19.2 Å². The van der Waals surface area contributed by atoms with Crippen molar-refractivity contribution in [2.75, 3.05) is 18.6 Å². The normalized spacial score (nSPS) is 19.5. The fourth-order valence-corrected chi connectivity index (χ4v) is 5.61. The number of anilines is 1. The van der Waals surface area contributed by atoms with Crippen molar-refractivity contribution in [2.24, 2.45) is 5.16 Å². The van der Waals surface area contributed by atoms with Crippen molar-refractivity contribution in [3.05, 3.63) is 46.4 Å². The number of hydrogen-bond donors (Lipinski definition) is 2. The van der Waals surface area contributed by atoms with Crippen LogP contribution in [-0.4, -0.2) is 81.4 Å². The van der Waals surface area contributed by atoms with E-state index in [-0.39, 0.29) is 28.0 Å². The van der Waals surface area contributed by atoms with Crippen LogP contribution in [0.3, 0.4) is 0 Å². The molecule has 1 unspecified atom stereocenters. The van der Waals surface area contributed by atoms with Gasteiger partial charge in [-0.2, -0.15) is 0 Å². The number of fused-ring (bicyclic) bond motifs is 1. The molecule has 1 fully saturated rings. The molecular weight excluding hydrogens is 580 g/mol. The fraction of sp³-hybridized carbons (Fsp3) is 0.375. The van der Waals surface area contributed by atoms with Crippen LogP contribution in [0.25, 0.3) is 6.08 Å². The summed E-state index contributed by atoms with van der Waals surface area (Å²) in [5, 5.41) is 11.1. The van der Waals surface area contributed by atoms with E-state index in [1.165, 1.54) is 42.3 Å². The number of carbonyl (C=O) groups is 4. The van der Waals surface area contributed by atoms with Crippen molar-refractivity contribution in [3.63, 3.8) is 0 Å². The smallest absolute Gasteiger partial charge is 0.431 e. The molecule has 3 atom stereocenters. The van der Waals surface area contributed by atoms with Crippen molar-refractivity contribution >= 4 is 64.0 Å². The lowest BCUT2D eigenvalue weighted by Crippen LogP contribution is -2.71. The van der Waals surface area contributed by atoms with E-state index in [2.05, 4.69) is 20.6 Å². The minimum Gasteiger partial charge on any atom is -0.431 e. The second kappa shape index (κ2) is 12.9. The summed E-state index contributed by atoms with van der Waals surface area (Å²) in [6, 6.07) is 0.613. The minimum atomic E-state index is -1.32. The molecule has 0 bridgehead atoms. The highest BCUT2D eigenvalue weighted by Gasteiger charge is 2.54. The quantitative estimate of drug-likeness (QED) is 0.131. The number of nitrogens with one attached hydrogen (secondary N) is 1. The largest absolute Gasteiger partial charge is 0.511 e. The number of nitrogens with zero attached hydrogens (tertiary/aromatic N) is 4. The molecule has 15 nitrogen and oxygen atoms in total. The third kappa shape index (κ3) is 6.86. The maximum atomic E-state index is 13.3. The number of thiazole rings is 1. The summed E-state index contributed by atoms with van der Waals surface area (Å²) in [6.45, 7) is 4.61. The number of esters is 1. The van der Waals surface area contributed by atoms with Gasteiger partial charge >= 0.3 is 12.1 Å². The Morgan fingerprint density at radius 2 is 2.02 bits per heavy atom. The number of carbonyl (C=O) groups excluding carboxylic acids is 4. The van der Waals surface area contributed by atoms with Gasteiger partial charge in [-0.05, 0) is 25.5 Å². The first-order valence-corrected chi connectivity index (χ1v) is 14.0. The van der Waals surface area contributed by atoms with Crippen LogP contribution < -0.4 is 11.1 Å². The molecule has 0 radical (unpaired) electrons. The molecule has 2 aliphatic rings. The van der Waals surface area contributed by atoms with Crippen LogP contribution >= 0.6 is 23.1 Å². The van der Waals surface area contributed by atoms with Gasteiger partial charge in [-0.1, -0.05) is 16.4 Å². The van der Waals surface area contributed by atoms with E-state index >= 15 is 0 Å². The van der Waals surface area contributed by atoms with Crippen LogP contribution in [0.2, 0.25) is 0 Å². The van der Waals surface area contributed by atoms with Gasteiger partial charge in [0.05, 0.1) is 12.3 Å². The SMILES string of the molecule is CO/N=C(\C(=O)N[C@@H]1C(=O)N2C(C(=O)OC(C)OC(=O)OC(C)C)=C(/C=C\c3ccno3)CS[C@H]12)c1csc(N)n1. The molecular formula is C24H26N6O9S2. The first-order valence-electron chi connectivity index (χ1n) is 12.1. The first kappa shape index (κ1) is 29.6. The Kier molecular flexibility index (Phi) is 9.28. The number of oxime groups is 1. The highest BCUT2D eigenvalue weighted by molar-refractivity contribution is 8.00. The molecule has 41 heavy (non-hydrogen) atoms. The molecule has 0 aromatic carbocycles. The van der Waals surface area contributed by atoms with E-state index in [0.29, 0.717) is 11.3 Å². The van der Waals surface area contributed by atoms with Gasteiger partial charge in [0.15, 0.2) is 16.6 Å². The number of ether oxygens (including phenoxy) is 3. The third-order valence-corrected chi connectivity index (χ3v) is 7.39. The lowest BCUT2D eigenvalue weighted by molar-refractivity contribution is -0.169. The van der Waals surface area contributed by atoms with Crippen LogP contribution in [-0.2, 0) is 33.4 Å². The molecule has 0 aliphatic carbocycles. The van der Waals surface area contributed by atoms with Crippen LogP contribution in [0.15, 0.2) is 44.7 Å². The van der Waals surface area contributed by atoms with Gasteiger partial charge in [0.1, 0.15) is 29.9 Å². The lowest BCUT2D eigenvalue weighted by Gasteiger charge is -2.49. The van der Waals surface area contributed by atoms with Gasteiger partial charge < -0.3 is 34.6 Å². The fourth-order valence-electron chi connectivity index (χ4n) is 3.74. The van der Waals surface area contributed by atoms with Crippen molar-refractivity contribution in [2.45, 2.75) is 44.6 Å². The summed E-state index contributed by atoms with van der Waals surface area (Å²) in [4.78, 5) is 61.5. The lowest BCUT2D eigenvalue weighted by atomic mass is 10.0. The number of aromatic nitrogens is 2. The van der Waals surface area contributed by atoms with E-state index in [4.69, 9.17) is 29.3 Å². The molecule has 2 amide bonds. The van der Waals surface area contributed by atoms with Crippen LogP contribution in [0, 0.1) is 0 Å². The predicted octanol–water partition coefficient (Wildman–Crippen LogP) is 1.88. The predicted molar refractivity (Wildman–Crippen MR) is 146 cm³/mol. The van der Waals surface area contributed by atoms with Gasteiger partial charge in [0, 0.05) is 24.1 Å². The Morgan fingerprint density at radius 3 is 2.66 bits per heavy atom. The highest BCUT2D eigenvalue weighted by atomic mass is 32.2. The maximum absolute atomic E-state index is 13.3. The molecule has 3 N–H and O–H groups in total. The zero-order valence-corrected chi connectivity index (χ0v) is 23.9. The van der Waals surface area contributed by atoms with Crippen LogP contribution in [0.4, 0.5) is 9.93 Å². The molecule has 0 spiro atoms. The molecule has 17 heteroatoms. The Labute approximate surface area is 241 Å². The zero-order valence-electron chi connectivity index (χ0n) is 22.3. The first-order chi connectivity index (χ1) is 19.6. The highest BCUT2D eigenvalue weighted by Crippen LogP contribution is 2.41. The Morgan fingerprint density at radius 1 is 1.24 bits per heavy atom. The summed E-state index contributed by atoms with van der Waals surface area (Å²) in [5.74, 6) is -1.53. The van der Waals surface area contributed by atoms with Crippen LogP contribution in [0.1, 0.15) is 32.2 Å². The standard InChI is InChI=1S/C24H26N6O9S2/c1-11(2)36-24(34)38-12(3)37-22(33)18-13(5-6-14-7-8-26-39-14)9-40-21-17(20(32)30(18)21)28-19(31)16(29-35-4)15-10-41-23(25)27-15/h5-8,10-12,17,21H,9H2,1-4H3,(H2,25,27)(H,28,31)/b6-5-,29-16-/t12?,17-,21-/m1/s1. The molecule has 2 aromatic heterocycles. The summed E-state index contributed by atoms with van der Waals surface area (Å²) < 4.78 is 20.3. The summed E-state index contributed by atoms with van der Waals surface area (Å²) in [7, 11) is 1.26. The second-order valence-corrected chi connectivity index (χ2v) is 10.7. The molecule has 1 saturated heterocycles. The van der Waals surface area contributed by atoms with Crippen molar-refractivity contribution in [1.29, 1.82) is 0 Å². The number of rotatable bonds is 10. The topological polar surface area (TPSA) is 198 Å². The summed E-state index contributed by atoms with van der Waals surface area (Å²) >= 11 is 2.42. The number of β-lactam (4-membered cyclic amide) rings is 1. The average molecular weight is 607 g/mol. The van der Waals surface area contributed by atoms with Crippen molar-refractivity contribution in [1.82, 2.24) is 20.4 Å². The minimum absolute atomic E-state index is 0.0780. The molecule has 4 rings (SSSR count). The monoisotopic (exact) mass is 606 g/mol. The Balaban J connectivity index is 1.54. The molecule has 218 valence electrons. The molecule has 2 aromatic rings. The number of allylic oxidation sites excluding steroid dienone is 1. The summed E-state index contributed by atoms with van der Waals surface area (Å²) in [5.41, 5.74) is 6.04. The Hall–Kier alpha value is -4.38. The maximum Gasteiger partial charge on any atom is 0.511 e. The molecule has 4 heterocycles. The number of nitrogen functional groups attached to an aromatic ring is 1. The van der Waals surface area contributed by atoms with Crippen LogP contribution in [0.5, 0.6) is 0 Å². The van der Waals surface area contributed by atoms with E-state index in [1.54, 1.807) is 32.1 Å². The third-order valence-electron chi connectivity index (χ3n) is 5.41. The van der Waals surface area contributed by atoms with Gasteiger partial charge in [0.25, 0.3) is 11.8 Å². The Bertz CT molecular complexity index is 1400. The summed E-state index contributed by atoms with van der Waals surface area (Å²) in [6.07, 6.45) is 1.85. The van der Waals surface area contributed by atoms with Gasteiger partial charge in [-0.25, -0.2) is 14.6 Å². The molecule has 0 saturated carbocycles. The van der Waals surface area contributed by atoms with Crippen molar-refractivity contribution < 1.29 is 42.7 Å². The average Bonchev–Trinajstić information content (AvgIpc) is 3.59. The van der Waals surface area contributed by atoms with E-state index < -0.39 is 47.7 Å². The molecule has 2 aliphatic heterocycles. The zero-order chi connectivity index (χ0) is 29.7. The number of amides is 2. The van der Waals surface area contributed by atoms with Gasteiger partial charge in [-0.3, -0.25) is 14.5 Å². The van der Waals surface area contributed by atoms with E-state index in [1.807, 2.05) is 0 Å². The number of thioether (sulfide) groups is 1. The number of hydrogen-bond acceptors (Lipinski definition) is 15. The second-order valence-electron chi connectivity index (χ2n) is 8.68.